The minimum atomic E-state index is -0.939. The predicted octanol–water partition coefficient (Wildman–Crippen LogP) is 6.86. The molecule has 0 unspecified atom stereocenters. The number of ether oxygens (including phenoxy) is 1. The van der Waals surface area contributed by atoms with Gasteiger partial charge in [-0.15, -0.1) is 0 Å². The predicted molar refractivity (Wildman–Crippen MR) is 139 cm³/mol. The van der Waals surface area contributed by atoms with Crippen molar-refractivity contribution in [3.05, 3.63) is 11.6 Å². The van der Waals surface area contributed by atoms with Crippen LogP contribution in [0.15, 0.2) is 11.6 Å². The Hall–Kier alpha value is -0.870. The fourth-order valence-corrected chi connectivity index (χ4v) is 11.7. The highest BCUT2D eigenvalue weighted by Gasteiger charge is 2.82. The fourth-order valence-electron chi connectivity index (χ4n) is 11.7. The van der Waals surface area contributed by atoms with E-state index in [0.29, 0.717) is 46.0 Å². The Morgan fingerprint density at radius 2 is 1.63 bits per heavy atom. The van der Waals surface area contributed by atoms with Crippen molar-refractivity contribution in [2.45, 2.75) is 118 Å². The molecule has 0 aliphatic heterocycles. The molecule has 4 heteroatoms. The molecule has 2 N–H and O–H groups in total. The molecule has 5 aliphatic carbocycles. The van der Waals surface area contributed by atoms with E-state index in [9.17, 15) is 15.0 Å². The summed E-state index contributed by atoms with van der Waals surface area (Å²) in [5.41, 5.74) is 2.31. The van der Waals surface area contributed by atoms with Gasteiger partial charge in [-0.2, -0.15) is 0 Å². The highest BCUT2D eigenvalue weighted by Crippen LogP contribution is 2.89. The monoisotopic (exact) mass is 486 g/mol. The summed E-state index contributed by atoms with van der Waals surface area (Å²) in [4.78, 5) is 11.2. The van der Waals surface area contributed by atoms with Crippen LogP contribution in [0.2, 0.25) is 0 Å². The summed E-state index contributed by atoms with van der Waals surface area (Å²) in [6, 6.07) is 0. The van der Waals surface area contributed by atoms with E-state index >= 15 is 0 Å². The molecular weight excluding hydrogens is 436 g/mol. The second-order valence-corrected chi connectivity index (χ2v) is 14.7. The molecule has 0 amide bonds. The van der Waals surface area contributed by atoms with Crippen molar-refractivity contribution in [3.8, 4) is 0 Å². The van der Waals surface area contributed by atoms with Crippen LogP contribution < -0.4 is 0 Å². The van der Waals surface area contributed by atoms with Gasteiger partial charge in [0.15, 0.2) is 0 Å². The lowest BCUT2D eigenvalue weighted by molar-refractivity contribution is -0.166. The van der Waals surface area contributed by atoms with Crippen LogP contribution in [0.25, 0.3) is 0 Å². The largest absolute Gasteiger partial charge is 0.478 e. The molecule has 2 spiro atoms. The molecule has 0 aromatic heterocycles. The molecule has 10 atom stereocenters. The van der Waals surface area contributed by atoms with Crippen molar-refractivity contribution in [1.82, 2.24) is 0 Å². The zero-order valence-electron chi connectivity index (χ0n) is 23.3. The summed E-state index contributed by atoms with van der Waals surface area (Å²) in [5, 5.41) is 19.8. The van der Waals surface area contributed by atoms with Crippen molar-refractivity contribution in [1.29, 1.82) is 0 Å². The van der Waals surface area contributed by atoms with Crippen molar-refractivity contribution in [2.24, 2.45) is 50.7 Å². The van der Waals surface area contributed by atoms with Crippen LogP contribution in [0.5, 0.6) is 0 Å². The number of carboxylic acids is 1. The Kier molecular flexibility index (Phi) is 5.94. The van der Waals surface area contributed by atoms with Gasteiger partial charge in [-0.1, -0.05) is 34.6 Å². The van der Waals surface area contributed by atoms with Gasteiger partial charge in [0, 0.05) is 12.7 Å². The number of carbonyl (C=O) groups is 1. The van der Waals surface area contributed by atoms with Crippen LogP contribution in [0.3, 0.4) is 0 Å². The maximum Gasteiger partial charge on any atom is 0.331 e. The van der Waals surface area contributed by atoms with Crippen LogP contribution in [-0.4, -0.2) is 35.5 Å². The van der Waals surface area contributed by atoms with E-state index in [1.54, 1.807) is 13.0 Å². The van der Waals surface area contributed by atoms with Crippen LogP contribution in [0.1, 0.15) is 106 Å². The molecular formula is C31H50O4. The first-order valence-electron chi connectivity index (χ1n) is 14.4. The number of aliphatic hydroxyl groups is 1. The van der Waals surface area contributed by atoms with Gasteiger partial charge in [0.1, 0.15) is 0 Å². The standard InChI is InChI=1S/C31H50O4/c1-19(16-21(32)17-20(2)26(33)34)22-10-12-29(6)24-9-8-23-27(3,4)25(35-7)11-13-30(23)18-31(24,30)15-14-28(22,29)5/h17,19,21-25,32H,8-16,18H2,1-7H3,(H,33,34)/b20-17+/t19-,21+,22-,23+,24+,25-,28-,29+,30-,31+/m1/s1. The lowest BCUT2D eigenvalue weighted by Crippen LogP contribution is -2.57. The SMILES string of the molecule is CO[C@@H]1CC[C@]23C[C@]24CC[C@]2(C)[C@@H]([C@H](C)C[C@H](O)/C=C(\C)C(=O)O)CC[C@@]2(C)[C@@H]4CC[C@H]3C1(C)C. The van der Waals surface area contributed by atoms with E-state index in [2.05, 4.69) is 34.6 Å². The van der Waals surface area contributed by atoms with E-state index in [1.807, 2.05) is 7.11 Å². The van der Waals surface area contributed by atoms with Crippen LogP contribution in [-0.2, 0) is 9.53 Å². The summed E-state index contributed by atoms with van der Waals surface area (Å²) in [7, 11) is 1.92. The van der Waals surface area contributed by atoms with Crippen LogP contribution in [0, 0.1) is 50.7 Å². The number of hydrogen-bond acceptors (Lipinski definition) is 3. The molecule has 0 aromatic carbocycles. The fraction of sp³-hybridized carbons (Fsp3) is 0.903. The number of methoxy groups -OCH3 is 1. The van der Waals surface area contributed by atoms with E-state index in [0.717, 1.165) is 11.8 Å². The van der Waals surface area contributed by atoms with E-state index in [4.69, 9.17) is 4.74 Å². The van der Waals surface area contributed by atoms with Crippen LogP contribution >= 0.6 is 0 Å². The Morgan fingerprint density at radius 1 is 0.971 bits per heavy atom. The Labute approximate surface area is 213 Å². The second kappa shape index (κ2) is 8.06. The summed E-state index contributed by atoms with van der Waals surface area (Å²) < 4.78 is 6.01. The van der Waals surface area contributed by atoms with E-state index in [1.165, 1.54) is 57.8 Å². The minimum Gasteiger partial charge on any atom is -0.478 e. The molecule has 0 heterocycles. The summed E-state index contributed by atoms with van der Waals surface area (Å²) >= 11 is 0. The highest BCUT2D eigenvalue weighted by atomic mass is 16.5. The number of fused-ring (bicyclic) bond motifs is 2. The van der Waals surface area contributed by atoms with Crippen molar-refractivity contribution in [2.75, 3.05) is 7.11 Å². The van der Waals surface area contributed by atoms with E-state index in [-0.39, 0.29) is 11.0 Å². The normalized spacial score (nSPS) is 49.8. The summed E-state index contributed by atoms with van der Waals surface area (Å²) in [6.07, 6.45) is 14.0. The maximum atomic E-state index is 11.2. The smallest absolute Gasteiger partial charge is 0.331 e. The third-order valence-electron chi connectivity index (χ3n) is 13.5. The molecule has 4 nitrogen and oxygen atoms in total. The van der Waals surface area contributed by atoms with Crippen LogP contribution in [0.4, 0.5) is 0 Å². The topological polar surface area (TPSA) is 66.8 Å². The van der Waals surface area contributed by atoms with Gasteiger partial charge >= 0.3 is 5.97 Å². The molecule has 5 aliphatic rings. The van der Waals surface area contributed by atoms with Crippen molar-refractivity contribution < 1.29 is 19.7 Å². The molecule has 0 bridgehead atoms. The molecule has 198 valence electrons. The molecule has 5 rings (SSSR count). The zero-order chi connectivity index (χ0) is 25.6. The number of aliphatic carboxylic acids is 1. The Morgan fingerprint density at radius 3 is 2.29 bits per heavy atom. The van der Waals surface area contributed by atoms with Gasteiger partial charge in [0.25, 0.3) is 0 Å². The molecule has 0 saturated heterocycles. The second-order valence-electron chi connectivity index (χ2n) is 14.7. The lowest BCUT2D eigenvalue weighted by atomic mass is 9.41. The van der Waals surface area contributed by atoms with Gasteiger partial charge < -0.3 is 14.9 Å². The van der Waals surface area contributed by atoms with Gasteiger partial charge in [0.2, 0.25) is 0 Å². The van der Waals surface area contributed by atoms with Crippen molar-refractivity contribution in [3.63, 3.8) is 0 Å². The number of hydrogen-bond donors (Lipinski definition) is 2. The average molecular weight is 487 g/mol. The maximum absolute atomic E-state index is 11.2. The van der Waals surface area contributed by atoms with E-state index < -0.39 is 12.1 Å². The molecule has 5 fully saturated rings. The quantitative estimate of drug-likeness (QED) is 0.403. The molecule has 5 saturated carbocycles. The third kappa shape index (κ3) is 3.27. The third-order valence-corrected chi connectivity index (χ3v) is 13.5. The average Bonchev–Trinajstić information content (AvgIpc) is 3.35. The number of aliphatic hydroxyl groups excluding tert-OH is 1. The minimum absolute atomic E-state index is 0.244. The Bertz CT molecular complexity index is 908. The van der Waals surface area contributed by atoms with Gasteiger partial charge in [-0.25, -0.2) is 4.79 Å². The molecule has 0 aromatic rings. The summed E-state index contributed by atoms with van der Waals surface area (Å²) in [6.45, 7) is 14.1. The molecule has 35 heavy (non-hydrogen) atoms. The summed E-state index contributed by atoms with van der Waals surface area (Å²) in [5.74, 6) is 1.69. The van der Waals surface area contributed by atoms with Crippen molar-refractivity contribution >= 4 is 5.97 Å². The first-order chi connectivity index (χ1) is 16.3. The highest BCUT2D eigenvalue weighted by molar-refractivity contribution is 5.85. The van der Waals surface area contributed by atoms with Gasteiger partial charge in [-0.3, -0.25) is 0 Å². The van der Waals surface area contributed by atoms with Gasteiger partial charge in [0.05, 0.1) is 12.2 Å². The van der Waals surface area contributed by atoms with Gasteiger partial charge in [-0.05, 0) is 128 Å². The lowest BCUT2D eigenvalue weighted by Gasteiger charge is -2.63. The zero-order valence-corrected chi connectivity index (χ0v) is 23.3. The first kappa shape index (κ1) is 25.8. The number of carboxylic acid groups (broad SMARTS) is 1. The first-order valence-corrected chi connectivity index (χ1v) is 14.4. The molecule has 0 radical (unpaired) electrons. The Balaban J connectivity index is 1.37. The number of rotatable bonds is 6.